The van der Waals surface area contributed by atoms with E-state index in [1.807, 2.05) is 0 Å². The number of carbonyl (C=O) groups is 1. The van der Waals surface area contributed by atoms with E-state index in [-0.39, 0.29) is 18.5 Å². The molecule has 0 unspecified atom stereocenters. The first-order valence-electron chi connectivity index (χ1n) is 8.93. The normalized spacial score (nSPS) is 14.0. The Balaban J connectivity index is 2.22. The van der Waals surface area contributed by atoms with E-state index in [4.69, 9.17) is 23.1 Å². The summed E-state index contributed by atoms with van der Waals surface area (Å²) < 4.78 is 40.0. The number of rotatable bonds is 7. The summed E-state index contributed by atoms with van der Waals surface area (Å²) in [5, 5.41) is 2.69. The molecule has 162 valence electrons. The van der Waals surface area contributed by atoms with E-state index in [1.54, 1.807) is 20.0 Å². The average molecular weight is 459 g/mol. The third kappa shape index (κ3) is 5.62. The minimum absolute atomic E-state index is 0.0272. The van der Waals surface area contributed by atoms with Crippen molar-refractivity contribution >= 4 is 34.6 Å². The average Bonchev–Trinajstić information content (AvgIpc) is 3.09. The standard InChI is InChI=1S/C20H22ClF3N4OS/c1-11(9-25)17(27-2)14-8-16(30-18(14)21)19(29)28-13(10-26)7-12-5-3-4-6-15(12)20(22,23)24/h3-6,8-9,13H,7,10,25-26H2,1-2H3,(H,28,29)/t13-/m0/s1. The van der Waals surface area contributed by atoms with Gasteiger partial charge >= 0.3 is 6.18 Å². The lowest BCUT2D eigenvalue weighted by Crippen LogP contribution is -2.41. The minimum atomic E-state index is -4.49. The quantitative estimate of drug-likeness (QED) is 0.547. The minimum Gasteiger partial charge on any atom is -0.404 e. The molecule has 2 rings (SSSR count). The highest BCUT2D eigenvalue weighted by Crippen LogP contribution is 2.33. The van der Waals surface area contributed by atoms with Crippen molar-refractivity contribution in [3.05, 3.63) is 68.0 Å². The van der Waals surface area contributed by atoms with Crippen LogP contribution >= 0.6 is 22.9 Å². The monoisotopic (exact) mass is 458 g/mol. The molecule has 30 heavy (non-hydrogen) atoms. The second-order valence-corrected chi connectivity index (χ2v) is 8.14. The van der Waals surface area contributed by atoms with Crippen molar-refractivity contribution in [3.63, 3.8) is 0 Å². The topological polar surface area (TPSA) is 93.5 Å². The van der Waals surface area contributed by atoms with Crippen molar-refractivity contribution in [1.82, 2.24) is 5.32 Å². The fourth-order valence-corrected chi connectivity index (χ4v) is 4.10. The van der Waals surface area contributed by atoms with Gasteiger partial charge in [-0.05, 0) is 42.8 Å². The smallest absolute Gasteiger partial charge is 0.404 e. The summed E-state index contributed by atoms with van der Waals surface area (Å²) in [5.74, 6) is -0.474. The van der Waals surface area contributed by atoms with Gasteiger partial charge in [0.25, 0.3) is 5.91 Å². The molecule has 0 saturated heterocycles. The number of hydrogen-bond acceptors (Lipinski definition) is 5. The lowest BCUT2D eigenvalue weighted by Gasteiger charge is -2.19. The molecule has 0 spiro atoms. The van der Waals surface area contributed by atoms with Crippen LogP contribution in [0.5, 0.6) is 0 Å². The summed E-state index contributed by atoms with van der Waals surface area (Å²) in [6, 6.07) is 6.12. The van der Waals surface area contributed by atoms with Crippen molar-refractivity contribution in [3.8, 4) is 0 Å². The fourth-order valence-electron chi connectivity index (χ4n) is 2.92. The van der Waals surface area contributed by atoms with E-state index in [0.29, 0.717) is 26.1 Å². The molecule has 10 heteroatoms. The second kappa shape index (κ2) is 10.1. The third-order valence-corrected chi connectivity index (χ3v) is 5.78. The molecule has 0 radical (unpaired) electrons. The molecule has 0 aliphatic heterocycles. The van der Waals surface area contributed by atoms with E-state index in [9.17, 15) is 18.0 Å². The molecule has 1 atom stereocenters. The highest BCUT2D eigenvalue weighted by Gasteiger charge is 2.33. The predicted octanol–water partition coefficient (Wildman–Crippen LogP) is 4.00. The number of amides is 1. The third-order valence-electron chi connectivity index (χ3n) is 4.42. The Kier molecular flexibility index (Phi) is 8.05. The maximum atomic E-state index is 13.2. The van der Waals surface area contributed by atoms with E-state index in [1.165, 1.54) is 24.4 Å². The van der Waals surface area contributed by atoms with Gasteiger partial charge in [-0.25, -0.2) is 0 Å². The van der Waals surface area contributed by atoms with Gasteiger partial charge in [-0.3, -0.25) is 9.79 Å². The number of carbonyl (C=O) groups excluding carboxylic acids is 1. The Morgan fingerprint density at radius 1 is 1.37 bits per heavy atom. The van der Waals surface area contributed by atoms with E-state index >= 15 is 0 Å². The van der Waals surface area contributed by atoms with Gasteiger partial charge in [0.05, 0.1) is 16.2 Å². The van der Waals surface area contributed by atoms with Crippen LogP contribution < -0.4 is 16.8 Å². The van der Waals surface area contributed by atoms with Gasteiger partial charge < -0.3 is 16.8 Å². The maximum absolute atomic E-state index is 13.2. The summed E-state index contributed by atoms with van der Waals surface area (Å²) >= 11 is 7.32. The number of hydrogen-bond donors (Lipinski definition) is 3. The zero-order valence-electron chi connectivity index (χ0n) is 16.4. The number of allylic oxidation sites excluding steroid dienone is 1. The Morgan fingerprint density at radius 2 is 2.03 bits per heavy atom. The molecule has 0 saturated carbocycles. The van der Waals surface area contributed by atoms with Crippen LogP contribution in [0.3, 0.4) is 0 Å². The van der Waals surface area contributed by atoms with Gasteiger partial charge in [-0.2, -0.15) is 13.2 Å². The number of nitrogens with zero attached hydrogens (tertiary/aromatic N) is 1. The van der Waals surface area contributed by atoms with Gasteiger partial charge in [0.1, 0.15) is 4.34 Å². The number of benzene rings is 1. The lowest BCUT2D eigenvalue weighted by atomic mass is 9.99. The highest BCUT2D eigenvalue weighted by atomic mass is 35.5. The Bertz CT molecular complexity index is 969. The first kappa shape index (κ1) is 23.9. The molecule has 0 fully saturated rings. The summed E-state index contributed by atoms with van der Waals surface area (Å²) in [5.41, 5.74) is 12.4. The number of aliphatic imine (C=N–C) groups is 1. The van der Waals surface area contributed by atoms with Crippen LogP contribution in [-0.4, -0.2) is 31.3 Å². The molecular formula is C20H22ClF3N4OS. The molecular weight excluding hydrogens is 437 g/mol. The molecule has 1 heterocycles. The predicted molar refractivity (Wildman–Crippen MR) is 115 cm³/mol. The molecule has 0 aliphatic carbocycles. The van der Waals surface area contributed by atoms with Crippen LogP contribution in [0, 0.1) is 0 Å². The fraction of sp³-hybridized carbons (Fsp3) is 0.300. The van der Waals surface area contributed by atoms with Crippen molar-refractivity contribution in [2.24, 2.45) is 16.5 Å². The Labute approximate surface area is 181 Å². The zero-order valence-corrected chi connectivity index (χ0v) is 18.0. The summed E-state index contributed by atoms with van der Waals surface area (Å²) in [7, 11) is 1.58. The van der Waals surface area contributed by atoms with Crippen molar-refractivity contribution in [2.45, 2.75) is 25.6 Å². The summed E-state index contributed by atoms with van der Waals surface area (Å²) in [6.07, 6.45) is -3.15. The summed E-state index contributed by atoms with van der Waals surface area (Å²) in [6.45, 7) is 1.74. The molecule has 2 aromatic rings. The van der Waals surface area contributed by atoms with Gasteiger partial charge in [0.2, 0.25) is 0 Å². The number of nitrogens with one attached hydrogen (secondary N) is 1. The van der Waals surface area contributed by atoms with Crippen molar-refractivity contribution in [2.75, 3.05) is 13.6 Å². The van der Waals surface area contributed by atoms with E-state index in [2.05, 4.69) is 10.3 Å². The largest absolute Gasteiger partial charge is 0.416 e. The maximum Gasteiger partial charge on any atom is 0.416 e. The van der Waals surface area contributed by atoms with Gasteiger partial charge in [0, 0.05) is 25.2 Å². The van der Waals surface area contributed by atoms with Crippen LogP contribution in [-0.2, 0) is 12.6 Å². The first-order valence-corrected chi connectivity index (χ1v) is 10.1. The Morgan fingerprint density at radius 3 is 2.60 bits per heavy atom. The van der Waals surface area contributed by atoms with E-state index in [0.717, 1.165) is 17.4 Å². The van der Waals surface area contributed by atoms with Crippen LogP contribution in [0.4, 0.5) is 13.2 Å². The molecule has 5 N–H and O–H groups in total. The Hall–Kier alpha value is -2.36. The molecule has 0 aliphatic rings. The van der Waals surface area contributed by atoms with Crippen LogP contribution in [0.15, 0.2) is 47.1 Å². The summed E-state index contributed by atoms with van der Waals surface area (Å²) in [4.78, 5) is 17.1. The number of nitrogens with two attached hydrogens (primary N) is 2. The van der Waals surface area contributed by atoms with Gasteiger partial charge in [-0.1, -0.05) is 29.8 Å². The van der Waals surface area contributed by atoms with E-state index < -0.39 is 23.7 Å². The molecule has 5 nitrogen and oxygen atoms in total. The number of halogens is 4. The molecule has 0 bridgehead atoms. The van der Waals surface area contributed by atoms with Crippen molar-refractivity contribution in [1.29, 1.82) is 0 Å². The van der Waals surface area contributed by atoms with Crippen molar-refractivity contribution < 1.29 is 18.0 Å². The molecule has 1 aromatic carbocycles. The molecule has 1 aromatic heterocycles. The second-order valence-electron chi connectivity index (χ2n) is 6.49. The number of alkyl halides is 3. The van der Waals surface area contributed by atoms with Gasteiger partial charge in [0.15, 0.2) is 0 Å². The van der Waals surface area contributed by atoms with Crippen LogP contribution in [0.25, 0.3) is 0 Å². The van der Waals surface area contributed by atoms with Gasteiger partial charge in [-0.15, -0.1) is 11.3 Å². The first-order chi connectivity index (χ1) is 14.1. The van der Waals surface area contributed by atoms with Crippen LogP contribution in [0.2, 0.25) is 4.34 Å². The molecule has 1 amide bonds. The zero-order chi connectivity index (χ0) is 22.5. The lowest BCUT2D eigenvalue weighted by molar-refractivity contribution is -0.138. The number of thiophene rings is 1. The van der Waals surface area contributed by atoms with Crippen LogP contribution in [0.1, 0.15) is 33.3 Å². The SMILES string of the molecule is CN=C(C(C)=CN)c1cc(C(=O)N[C@H](CN)Cc2ccccc2C(F)(F)F)sc1Cl. The highest BCUT2D eigenvalue weighted by molar-refractivity contribution is 7.18.